The van der Waals surface area contributed by atoms with Gasteiger partial charge in [-0.1, -0.05) is 23.2 Å². The molecule has 21 heavy (non-hydrogen) atoms. The third kappa shape index (κ3) is 3.86. The lowest BCUT2D eigenvalue weighted by atomic mass is 10.3. The summed E-state index contributed by atoms with van der Waals surface area (Å²) in [6, 6.07) is 4.59. The summed E-state index contributed by atoms with van der Waals surface area (Å²) in [5, 5.41) is 3.15. The van der Waals surface area contributed by atoms with E-state index in [1.54, 1.807) is 11.0 Å². The van der Waals surface area contributed by atoms with Crippen LogP contribution in [0, 0.1) is 0 Å². The van der Waals surface area contributed by atoms with E-state index in [0.717, 1.165) is 6.41 Å². The number of benzene rings is 1. The van der Waals surface area contributed by atoms with Crippen LogP contribution >= 0.6 is 23.2 Å². The largest absolute Gasteiger partial charge is 0.342 e. The molecule has 0 aromatic heterocycles. The van der Waals surface area contributed by atoms with Crippen LogP contribution in [0.15, 0.2) is 18.2 Å². The molecule has 1 aliphatic heterocycles. The van der Waals surface area contributed by atoms with Crippen LogP contribution in [0.5, 0.6) is 0 Å². The molecule has 3 amide bonds. The third-order valence-electron chi connectivity index (χ3n) is 3.12. The molecule has 1 N–H and O–H groups in total. The molecule has 0 aliphatic carbocycles. The van der Waals surface area contributed by atoms with E-state index < -0.39 is 11.8 Å². The van der Waals surface area contributed by atoms with E-state index in [-0.39, 0.29) is 5.69 Å². The number of amides is 3. The smallest absolute Gasteiger partial charge is 0.313 e. The van der Waals surface area contributed by atoms with Crippen LogP contribution in [0.2, 0.25) is 10.0 Å². The highest BCUT2D eigenvalue weighted by Crippen LogP contribution is 2.25. The zero-order chi connectivity index (χ0) is 15.4. The Morgan fingerprint density at radius 2 is 1.81 bits per heavy atom. The minimum absolute atomic E-state index is 0.286. The van der Waals surface area contributed by atoms with Crippen molar-refractivity contribution in [2.45, 2.75) is 0 Å². The molecule has 1 aromatic carbocycles. The van der Waals surface area contributed by atoms with Gasteiger partial charge in [-0.3, -0.25) is 14.4 Å². The van der Waals surface area contributed by atoms with Crippen molar-refractivity contribution in [2.75, 3.05) is 31.5 Å². The Labute approximate surface area is 131 Å². The fourth-order valence-electron chi connectivity index (χ4n) is 1.94. The van der Waals surface area contributed by atoms with Crippen LogP contribution in [-0.4, -0.2) is 54.2 Å². The van der Waals surface area contributed by atoms with Gasteiger partial charge in [0.2, 0.25) is 6.41 Å². The summed E-state index contributed by atoms with van der Waals surface area (Å²) in [5.41, 5.74) is 0.286. The second-order valence-electron chi connectivity index (χ2n) is 4.51. The molecule has 2 rings (SSSR count). The fraction of sp³-hybridized carbons (Fsp3) is 0.308. The molecule has 0 radical (unpaired) electrons. The lowest BCUT2D eigenvalue weighted by Gasteiger charge is -2.32. The average molecular weight is 330 g/mol. The van der Waals surface area contributed by atoms with Crippen molar-refractivity contribution in [1.29, 1.82) is 0 Å². The predicted octanol–water partition coefficient (Wildman–Crippen LogP) is 1.23. The Morgan fingerprint density at radius 1 is 1.14 bits per heavy atom. The number of nitrogens with one attached hydrogen (secondary N) is 1. The van der Waals surface area contributed by atoms with E-state index in [9.17, 15) is 14.4 Å². The van der Waals surface area contributed by atoms with Crippen molar-refractivity contribution in [3.63, 3.8) is 0 Å². The van der Waals surface area contributed by atoms with Gasteiger partial charge in [-0.05, 0) is 18.2 Å². The van der Waals surface area contributed by atoms with Crippen molar-refractivity contribution in [2.24, 2.45) is 0 Å². The summed E-state index contributed by atoms with van der Waals surface area (Å²) in [6.07, 6.45) is 0.730. The minimum Gasteiger partial charge on any atom is -0.342 e. The molecular weight excluding hydrogens is 317 g/mol. The van der Waals surface area contributed by atoms with Gasteiger partial charge in [0.25, 0.3) is 0 Å². The summed E-state index contributed by atoms with van der Waals surface area (Å²) in [7, 11) is 0. The van der Waals surface area contributed by atoms with Gasteiger partial charge >= 0.3 is 11.8 Å². The Hall–Kier alpha value is -1.79. The number of hydrogen-bond acceptors (Lipinski definition) is 3. The van der Waals surface area contributed by atoms with Crippen molar-refractivity contribution < 1.29 is 14.4 Å². The Morgan fingerprint density at radius 3 is 2.43 bits per heavy atom. The van der Waals surface area contributed by atoms with E-state index in [1.807, 2.05) is 0 Å². The molecule has 1 aliphatic rings. The molecule has 1 fully saturated rings. The zero-order valence-electron chi connectivity index (χ0n) is 11.0. The summed E-state index contributed by atoms with van der Waals surface area (Å²) in [6.45, 7) is 1.49. The Balaban J connectivity index is 1.98. The molecule has 0 atom stereocenters. The second-order valence-corrected chi connectivity index (χ2v) is 5.36. The molecule has 0 spiro atoms. The van der Waals surface area contributed by atoms with Gasteiger partial charge in [0, 0.05) is 31.2 Å². The molecule has 0 saturated carbocycles. The fourth-order valence-corrected chi connectivity index (χ4v) is 2.28. The Kier molecular flexibility index (Phi) is 5.03. The summed E-state index contributed by atoms with van der Waals surface area (Å²) >= 11 is 11.7. The molecule has 112 valence electrons. The van der Waals surface area contributed by atoms with E-state index in [0.29, 0.717) is 36.2 Å². The van der Waals surface area contributed by atoms with Crippen LogP contribution in [0.3, 0.4) is 0 Å². The second kappa shape index (κ2) is 6.78. The zero-order valence-corrected chi connectivity index (χ0v) is 12.5. The molecule has 1 aromatic rings. The number of carbonyl (C=O) groups excluding carboxylic acids is 3. The van der Waals surface area contributed by atoms with Crippen LogP contribution < -0.4 is 5.32 Å². The van der Waals surface area contributed by atoms with Crippen LogP contribution in [0.25, 0.3) is 0 Å². The quantitative estimate of drug-likeness (QED) is 0.655. The van der Waals surface area contributed by atoms with Crippen molar-refractivity contribution in [1.82, 2.24) is 9.80 Å². The lowest BCUT2D eigenvalue weighted by Crippen LogP contribution is -2.51. The molecule has 0 bridgehead atoms. The highest BCUT2D eigenvalue weighted by atomic mass is 35.5. The van der Waals surface area contributed by atoms with Crippen molar-refractivity contribution in [3.05, 3.63) is 28.2 Å². The first kappa shape index (κ1) is 15.6. The topological polar surface area (TPSA) is 69.7 Å². The minimum atomic E-state index is -0.779. The molecule has 0 unspecified atom stereocenters. The van der Waals surface area contributed by atoms with E-state index in [1.165, 1.54) is 17.0 Å². The molecule has 1 heterocycles. The van der Waals surface area contributed by atoms with E-state index in [4.69, 9.17) is 23.2 Å². The average Bonchev–Trinajstić information content (AvgIpc) is 2.50. The van der Waals surface area contributed by atoms with Crippen LogP contribution in [0.1, 0.15) is 0 Å². The van der Waals surface area contributed by atoms with Gasteiger partial charge in [0.1, 0.15) is 0 Å². The standard InChI is InChI=1S/C13H13Cl2N3O3/c14-9-1-2-10(15)11(7-9)16-12(20)13(21)18-5-3-17(8-19)4-6-18/h1-2,7-8H,3-6H2,(H,16,20). The highest BCUT2D eigenvalue weighted by molar-refractivity contribution is 6.42. The molecule has 6 nitrogen and oxygen atoms in total. The first-order valence-corrected chi connectivity index (χ1v) is 7.01. The van der Waals surface area contributed by atoms with Crippen molar-refractivity contribution in [3.8, 4) is 0 Å². The van der Waals surface area contributed by atoms with E-state index in [2.05, 4.69) is 5.32 Å². The van der Waals surface area contributed by atoms with Gasteiger partial charge in [-0.15, -0.1) is 0 Å². The lowest BCUT2D eigenvalue weighted by molar-refractivity contribution is -0.144. The first-order valence-electron chi connectivity index (χ1n) is 6.26. The molecular formula is C13H13Cl2N3O3. The number of anilines is 1. The third-order valence-corrected chi connectivity index (χ3v) is 3.69. The van der Waals surface area contributed by atoms with Gasteiger partial charge in [0.05, 0.1) is 10.7 Å². The van der Waals surface area contributed by atoms with Crippen LogP contribution in [0.4, 0.5) is 5.69 Å². The van der Waals surface area contributed by atoms with Crippen molar-refractivity contribution >= 4 is 47.1 Å². The number of nitrogens with zero attached hydrogens (tertiary/aromatic N) is 2. The van der Waals surface area contributed by atoms with Crippen LogP contribution in [-0.2, 0) is 14.4 Å². The monoisotopic (exact) mass is 329 g/mol. The number of piperazine rings is 1. The van der Waals surface area contributed by atoms with Gasteiger partial charge in [-0.2, -0.15) is 0 Å². The van der Waals surface area contributed by atoms with E-state index >= 15 is 0 Å². The number of hydrogen-bond donors (Lipinski definition) is 1. The van der Waals surface area contributed by atoms with Gasteiger partial charge < -0.3 is 15.1 Å². The molecule has 1 saturated heterocycles. The summed E-state index contributed by atoms with van der Waals surface area (Å²) in [5.74, 6) is -1.43. The maximum absolute atomic E-state index is 12.0. The summed E-state index contributed by atoms with van der Waals surface area (Å²) < 4.78 is 0. The Bertz CT molecular complexity index is 572. The highest BCUT2D eigenvalue weighted by Gasteiger charge is 2.25. The van der Waals surface area contributed by atoms with Gasteiger partial charge in [-0.25, -0.2) is 0 Å². The molecule has 8 heteroatoms. The van der Waals surface area contributed by atoms with Gasteiger partial charge in [0.15, 0.2) is 0 Å². The predicted molar refractivity (Wildman–Crippen MR) is 79.3 cm³/mol. The number of halogens is 2. The SMILES string of the molecule is O=CN1CCN(C(=O)C(=O)Nc2cc(Cl)ccc2Cl)CC1. The maximum atomic E-state index is 12.0. The first-order chi connectivity index (χ1) is 10.0. The number of carbonyl (C=O) groups is 3. The summed E-state index contributed by atoms with van der Waals surface area (Å²) in [4.78, 5) is 37.5. The number of rotatable bonds is 2. The normalized spacial score (nSPS) is 14.8. The maximum Gasteiger partial charge on any atom is 0.313 e.